The minimum atomic E-state index is 0.167. The van der Waals surface area contributed by atoms with Gasteiger partial charge in [0.25, 0.3) is 0 Å². The van der Waals surface area contributed by atoms with Gasteiger partial charge in [0.05, 0.1) is 23.9 Å². The molecule has 3 rings (SSSR count). The number of halogens is 1. The van der Waals surface area contributed by atoms with Crippen LogP contribution in [-0.2, 0) is 17.8 Å². The second-order valence-corrected chi connectivity index (χ2v) is 5.52. The molecule has 2 aromatic carbocycles. The van der Waals surface area contributed by atoms with E-state index in [-0.39, 0.29) is 5.78 Å². The normalized spacial score (nSPS) is 10.8. The maximum Gasteiger partial charge on any atom is 0.156 e. The SMILES string of the molecule is O=C(Cc1ccccc1Br)Cn1cnc2ccccc21. The molecule has 0 unspecified atom stereocenters. The molecule has 1 aromatic heterocycles. The number of fused-ring (bicyclic) bond motifs is 1. The fourth-order valence-electron chi connectivity index (χ4n) is 2.24. The van der Waals surface area contributed by atoms with E-state index in [2.05, 4.69) is 20.9 Å². The van der Waals surface area contributed by atoms with Gasteiger partial charge in [0.2, 0.25) is 0 Å². The zero-order valence-electron chi connectivity index (χ0n) is 10.8. The largest absolute Gasteiger partial charge is 0.323 e. The van der Waals surface area contributed by atoms with Crippen molar-refractivity contribution in [3.8, 4) is 0 Å². The Kier molecular flexibility index (Phi) is 3.65. The van der Waals surface area contributed by atoms with Crippen molar-refractivity contribution in [2.24, 2.45) is 0 Å². The lowest BCUT2D eigenvalue weighted by atomic mass is 10.1. The Balaban J connectivity index is 1.78. The average Bonchev–Trinajstić information content (AvgIpc) is 2.85. The average molecular weight is 329 g/mol. The fraction of sp³-hybridized carbons (Fsp3) is 0.125. The second-order valence-electron chi connectivity index (χ2n) is 4.67. The van der Waals surface area contributed by atoms with Gasteiger partial charge in [-0.3, -0.25) is 4.79 Å². The molecule has 1 heterocycles. The van der Waals surface area contributed by atoms with Crippen LogP contribution < -0.4 is 0 Å². The molecule has 100 valence electrons. The predicted octanol–water partition coefficient (Wildman–Crippen LogP) is 3.61. The van der Waals surface area contributed by atoms with Gasteiger partial charge in [-0.2, -0.15) is 0 Å². The number of ketones is 1. The van der Waals surface area contributed by atoms with Crippen molar-refractivity contribution in [2.75, 3.05) is 0 Å². The predicted molar refractivity (Wildman–Crippen MR) is 82.6 cm³/mol. The number of para-hydroxylation sites is 2. The van der Waals surface area contributed by atoms with E-state index in [0.717, 1.165) is 21.1 Å². The molecule has 0 amide bonds. The van der Waals surface area contributed by atoms with E-state index in [0.29, 0.717) is 13.0 Å². The molecule has 0 spiro atoms. The summed E-state index contributed by atoms with van der Waals surface area (Å²) in [6.07, 6.45) is 2.15. The third-order valence-corrected chi connectivity index (χ3v) is 3.99. The Morgan fingerprint density at radius 1 is 1.10 bits per heavy atom. The molecule has 20 heavy (non-hydrogen) atoms. The van der Waals surface area contributed by atoms with Gasteiger partial charge in [-0.25, -0.2) is 4.98 Å². The van der Waals surface area contributed by atoms with Crippen LogP contribution in [0.3, 0.4) is 0 Å². The summed E-state index contributed by atoms with van der Waals surface area (Å²) in [6.45, 7) is 0.349. The first-order valence-electron chi connectivity index (χ1n) is 6.39. The lowest BCUT2D eigenvalue weighted by molar-refractivity contribution is -0.118. The molecule has 3 aromatic rings. The number of Topliss-reactive ketones (excluding diaryl/α,β-unsaturated/α-hetero) is 1. The summed E-state index contributed by atoms with van der Waals surface area (Å²) in [4.78, 5) is 16.5. The minimum Gasteiger partial charge on any atom is -0.323 e. The van der Waals surface area contributed by atoms with E-state index in [1.807, 2.05) is 53.1 Å². The third-order valence-electron chi connectivity index (χ3n) is 3.22. The number of imidazole rings is 1. The molecule has 4 heteroatoms. The van der Waals surface area contributed by atoms with E-state index in [1.54, 1.807) is 6.33 Å². The quantitative estimate of drug-likeness (QED) is 0.733. The first-order chi connectivity index (χ1) is 9.74. The number of rotatable bonds is 4. The van der Waals surface area contributed by atoms with Crippen molar-refractivity contribution in [2.45, 2.75) is 13.0 Å². The molecular formula is C16H13BrN2O. The van der Waals surface area contributed by atoms with Gasteiger partial charge in [0.15, 0.2) is 5.78 Å². The Bertz CT molecular complexity index is 764. The van der Waals surface area contributed by atoms with E-state index < -0.39 is 0 Å². The van der Waals surface area contributed by atoms with Gasteiger partial charge < -0.3 is 4.57 Å². The molecule has 0 fully saturated rings. The number of aromatic nitrogens is 2. The Hall–Kier alpha value is -1.94. The van der Waals surface area contributed by atoms with Crippen molar-refractivity contribution in [1.82, 2.24) is 9.55 Å². The zero-order chi connectivity index (χ0) is 13.9. The minimum absolute atomic E-state index is 0.167. The molecule has 3 nitrogen and oxygen atoms in total. The Labute approximate surface area is 125 Å². The van der Waals surface area contributed by atoms with Gasteiger partial charge >= 0.3 is 0 Å². The second kappa shape index (κ2) is 5.59. The molecule has 0 aliphatic carbocycles. The van der Waals surface area contributed by atoms with Crippen LogP contribution in [0.1, 0.15) is 5.56 Å². The standard InChI is InChI=1S/C16H13BrN2O/c17-14-6-2-1-5-12(14)9-13(20)10-19-11-18-15-7-3-4-8-16(15)19/h1-8,11H,9-10H2. The summed E-state index contributed by atoms with van der Waals surface area (Å²) >= 11 is 3.47. The molecule has 0 aliphatic heterocycles. The van der Waals surface area contributed by atoms with Crippen molar-refractivity contribution < 1.29 is 4.79 Å². The lowest BCUT2D eigenvalue weighted by Crippen LogP contribution is -2.12. The number of nitrogens with zero attached hydrogens (tertiary/aromatic N) is 2. The molecule has 0 radical (unpaired) electrons. The fourth-order valence-corrected chi connectivity index (χ4v) is 2.66. The number of hydrogen-bond acceptors (Lipinski definition) is 2. The summed E-state index contributed by atoms with van der Waals surface area (Å²) in [5.74, 6) is 0.167. The molecular weight excluding hydrogens is 316 g/mol. The molecule has 0 atom stereocenters. The van der Waals surface area contributed by atoms with Gasteiger partial charge in [0, 0.05) is 10.9 Å². The summed E-state index contributed by atoms with van der Waals surface area (Å²) in [5.41, 5.74) is 2.93. The molecule has 0 saturated heterocycles. The topological polar surface area (TPSA) is 34.9 Å². The van der Waals surface area contributed by atoms with Crippen LogP contribution in [0.4, 0.5) is 0 Å². The lowest BCUT2D eigenvalue weighted by Gasteiger charge is -2.05. The smallest absolute Gasteiger partial charge is 0.156 e. The van der Waals surface area contributed by atoms with Crippen LogP contribution in [0.25, 0.3) is 11.0 Å². The number of benzene rings is 2. The van der Waals surface area contributed by atoms with E-state index in [1.165, 1.54) is 0 Å². The monoisotopic (exact) mass is 328 g/mol. The summed E-state index contributed by atoms with van der Waals surface area (Å²) in [6, 6.07) is 15.6. The first-order valence-corrected chi connectivity index (χ1v) is 7.18. The molecule has 0 bridgehead atoms. The summed E-state index contributed by atoms with van der Waals surface area (Å²) in [7, 11) is 0. The molecule has 0 N–H and O–H groups in total. The zero-order valence-corrected chi connectivity index (χ0v) is 12.4. The highest BCUT2D eigenvalue weighted by Crippen LogP contribution is 2.17. The van der Waals surface area contributed by atoms with Gasteiger partial charge in [-0.15, -0.1) is 0 Å². The van der Waals surface area contributed by atoms with Crippen LogP contribution in [0, 0.1) is 0 Å². The van der Waals surface area contributed by atoms with Crippen molar-refractivity contribution >= 4 is 32.7 Å². The maximum atomic E-state index is 12.2. The molecule has 0 saturated carbocycles. The van der Waals surface area contributed by atoms with Crippen LogP contribution in [0.5, 0.6) is 0 Å². The number of carbonyl (C=O) groups excluding carboxylic acids is 1. The van der Waals surface area contributed by atoms with Crippen LogP contribution >= 0.6 is 15.9 Å². The molecule has 0 aliphatic rings. The highest BCUT2D eigenvalue weighted by Gasteiger charge is 2.09. The highest BCUT2D eigenvalue weighted by molar-refractivity contribution is 9.10. The van der Waals surface area contributed by atoms with Gasteiger partial charge in [-0.1, -0.05) is 46.3 Å². The van der Waals surface area contributed by atoms with E-state index in [9.17, 15) is 4.79 Å². The third kappa shape index (κ3) is 2.65. The van der Waals surface area contributed by atoms with Crippen LogP contribution in [0.15, 0.2) is 59.3 Å². The Morgan fingerprint density at radius 3 is 2.70 bits per heavy atom. The van der Waals surface area contributed by atoms with Crippen molar-refractivity contribution in [1.29, 1.82) is 0 Å². The number of hydrogen-bond donors (Lipinski definition) is 0. The first kappa shape index (κ1) is 13.1. The highest BCUT2D eigenvalue weighted by atomic mass is 79.9. The van der Waals surface area contributed by atoms with Crippen LogP contribution in [0.2, 0.25) is 0 Å². The van der Waals surface area contributed by atoms with Gasteiger partial charge in [0.1, 0.15) is 0 Å². The number of carbonyl (C=O) groups is 1. The van der Waals surface area contributed by atoms with Crippen LogP contribution in [-0.4, -0.2) is 15.3 Å². The summed E-state index contributed by atoms with van der Waals surface area (Å²) in [5, 5.41) is 0. The van der Waals surface area contributed by atoms with Crippen molar-refractivity contribution in [3.63, 3.8) is 0 Å². The van der Waals surface area contributed by atoms with E-state index >= 15 is 0 Å². The van der Waals surface area contributed by atoms with Gasteiger partial charge in [-0.05, 0) is 23.8 Å². The maximum absolute atomic E-state index is 12.2. The van der Waals surface area contributed by atoms with E-state index in [4.69, 9.17) is 0 Å². The summed E-state index contributed by atoms with van der Waals surface area (Å²) < 4.78 is 2.87. The Morgan fingerprint density at radius 2 is 1.85 bits per heavy atom. The van der Waals surface area contributed by atoms with Crippen molar-refractivity contribution in [3.05, 3.63) is 64.9 Å².